The van der Waals surface area contributed by atoms with E-state index < -0.39 is 0 Å². The Morgan fingerprint density at radius 3 is 2.23 bits per heavy atom. The molecule has 0 radical (unpaired) electrons. The molecule has 108 valence electrons. The standard InChI is InChI=1S/C20H17NO/c1-4-17-19(6-3)22-20(18(5-2)21-17)16-12-11-14-9-7-8-10-15(14)13-16/h4-13,21H,1-3H2. The highest BCUT2D eigenvalue weighted by Gasteiger charge is 2.18. The fraction of sp³-hybridized carbons (Fsp3) is 0. The average Bonchev–Trinajstić information content (AvgIpc) is 2.60. The Morgan fingerprint density at radius 2 is 1.55 bits per heavy atom. The quantitative estimate of drug-likeness (QED) is 0.863. The van der Waals surface area contributed by atoms with E-state index in [1.165, 1.54) is 5.39 Å². The van der Waals surface area contributed by atoms with Gasteiger partial charge in [-0.25, -0.2) is 0 Å². The minimum Gasteiger partial charge on any atom is -0.452 e. The van der Waals surface area contributed by atoms with Gasteiger partial charge in [0.2, 0.25) is 0 Å². The van der Waals surface area contributed by atoms with Gasteiger partial charge in [-0.3, -0.25) is 0 Å². The summed E-state index contributed by atoms with van der Waals surface area (Å²) in [5.41, 5.74) is 2.59. The lowest BCUT2D eigenvalue weighted by atomic mass is 10.0. The summed E-state index contributed by atoms with van der Waals surface area (Å²) in [5, 5.41) is 5.64. The first-order chi connectivity index (χ1) is 10.8. The zero-order chi connectivity index (χ0) is 15.5. The number of fused-ring (bicyclic) bond motifs is 1. The van der Waals surface area contributed by atoms with Gasteiger partial charge in [0.05, 0.1) is 11.4 Å². The highest BCUT2D eigenvalue weighted by molar-refractivity contribution is 5.86. The van der Waals surface area contributed by atoms with E-state index in [0.29, 0.717) is 5.76 Å². The molecule has 0 saturated carbocycles. The number of rotatable bonds is 4. The molecule has 2 nitrogen and oxygen atoms in total. The van der Waals surface area contributed by atoms with Crippen LogP contribution in [0.25, 0.3) is 16.5 Å². The van der Waals surface area contributed by atoms with E-state index in [1.54, 1.807) is 18.2 Å². The van der Waals surface area contributed by atoms with E-state index in [2.05, 4.69) is 49.3 Å². The van der Waals surface area contributed by atoms with Crippen molar-refractivity contribution in [2.75, 3.05) is 0 Å². The summed E-state index contributed by atoms with van der Waals surface area (Å²) in [5.74, 6) is 1.39. The predicted molar refractivity (Wildman–Crippen MR) is 92.7 cm³/mol. The van der Waals surface area contributed by atoms with Gasteiger partial charge in [-0.1, -0.05) is 56.1 Å². The molecule has 0 atom stereocenters. The molecule has 0 saturated heterocycles. The third-order valence-electron chi connectivity index (χ3n) is 3.60. The topological polar surface area (TPSA) is 21.3 Å². The van der Waals surface area contributed by atoms with Crippen molar-refractivity contribution in [3.05, 3.63) is 103 Å². The summed E-state index contributed by atoms with van der Waals surface area (Å²) in [6.07, 6.45) is 5.12. The molecule has 3 rings (SSSR count). The van der Waals surface area contributed by atoms with Gasteiger partial charge in [0.1, 0.15) is 5.76 Å². The SMILES string of the molecule is C=CC1=C(C=C)OC(c2ccc3ccccc3c2)=C(C=C)N1. The Morgan fingerprint density at radius 1 is 0.818 bits per heavy atom. The molecule has 0 aliphatic carbocycles. The van der Waals surface area contributed by atoms with Crippen LogP contribution in [-0.4, -0.2) is 0 Å². The molecule has 2 aromatic carbocycles. The molecule has 0 aromatic heterocycles. The lowest BCUT2D eigenvalue weighted by Crippen LogP contribution is -2.20. The first kappa shape index (κ1) is 14.0. The summed E-state index contributed by atoms with van der Waals surface area (Å²) in [6.45, 7) is 11.4. The molecule has 1 heterocycles. The molecular weight excluding hydrogens is 270 g/mol. The van der Waals surface area contributed by atoms with Gasteiger partial charge in [-0.15, -0.1) is 0 Å². The van der Waals surface area contributed by atoms with Gasteiger partial charge < -0.3 is 10.1 Å². The Kier molecular flexibility index (Phi) is 3.67. The maximum Gasteiger partial charge on any atom is 0.158 e. The maximum absolute atomic E-state index is 6.01. The van der Waals surface area contributed by atoms with Crippen LogP contribution in [0.2, 0.25) is 0 Å². The monoisotopic (exact) mass is 287 g/mol. The van der Waals surface area contributed by atoms with Crippen molar-refractivity contribution in [2.24, 2.45) is 0 Å². The fourth-order valence-electron chi connectivity index (χ4n) is 2.48. The zero-order valence-electron chi connectivity index (χ0n) is 12.3. The highest BCUT2D eigenvalue weighted by atomic mass is 16.5. The van der Waals surface area contributed by atoms with Crippen molar-refractivity contribution < 1.29 is 4.74 Å². The second-order valence-electron chi connectivity index (χ2n) is 4.92. The van der Waals surface area contributed by atoms with Crippen molar-refractivity contribution in [1.29, 1.82) is 0 Å². The van der Waals surface area contributed by atoms with Crippen molar-refractivity contribution in [3.63, 3.8) is 0 Å². The summed E-state index contributed by atoms with van der Waals surface area (Å²) in [7, 11) is 0. The van der Waals surface area contributed by atoms with Crippen molar-refractivity contribution in [3.8, 4) is 0 Å². The van der Waals surface area contributed by atoms with Crippen LogP contribution in [0.5, 0.6) is 0 Å². The smallest absolute Gasteiger partial charge is 0.158 e. The number of hydrogen-bond donors (Lipinski definition) is 1. The molecule has 1 aliphatic heterocycles. The molecule has 0 unspecified atom stereocenters. The number of benzene rings is 2. The van der Waals surface area contributed by atoms with Gasteiger partial charge in [0.15, 0.2) is 5.76 Å². The second kappa shape index (κ2) is 5.78. The fourth-order valence-corrected chi connectivity index (χ4v) is 2.48. The maximum atomic E-state index is 6.01. The second-order valence-corrected chi connectivity index (χ2v) is 4.92. The molecule has 2 heteroatoms. The van der Waals surface area contributed by atoms with Gasteiger partial charge in [0, 0.05) is 5.56 Å². The summed E-state index contributed by atoms with van der Waals surface area (Å²) < 4.78 is 6.01. The van der Waals surface area contributed by atoms with Crippen LogP contribution in [0.1, 0.15) is 5.56 Å². The van der Waals surface area contributed by atoms with Crippen molar-refractivity contribution in [2.45, 2.75) is 0 Å². The number of ether oxygens (including phenoxy) is 1. The number of hydrogen-bond acceptors (Lipinski definition) is 2. The highest BCUT2D eigenvalue weighted by Crippen LogP contribution is 2.30. The van der Waals surface area contributed by atoms with Crippen LogP contribution in [0.15, 0.2) is 97.6 Å². The largest absolute Gasteiger partial charge is 0.452 e. The summed E-state index contributed by atoms with van der Waals surface area (Å²) in [4.78, 5) is 0. The predicted octanol–water partition coefficient (Wildman–Crippen LogP) is 4.90. The lowest BCUT2D eigenvalue weighted by molar-refractivity contribution is 0.379. The van der Waals surface area contributed by atoms with Gasteiger partial charge in [-0.2, -0.15) is 0 Å². The Hall–Kier alpha value is -3.00. The number of allylic oxidation sites excluding steroid dienone is 3. The van der Waals surface area contributed by atoms with Gasteiger partial charge in [-0.05, 0) is 35.1 Å². The van der Waals surface area contributed by atoms with E-state index >= 15 is 0 Å². The van der Waals surface area contributed by atoms with Crippen LogP contribution in [0, 0.1) is 0 Å². The van der Waals surface area contributed by atoms with E-state index in [1.807, 2.05) is 18.2 Å². The summed E-state index contributed by atoms with van der Waals surface area (Å²) >= 11 is 0. The van der Waals surface area contributed by atoms with E-state index in [-0.39, 0.29) is 0 Å². The van der Waals surface area contributed by atoms with Crippen LogP contribution < -0.4 is 5.32 Å². The molecule has 0 fully saturated rings. The lowest BCUT2D eigenvalue weighted by Gasteiger charge is -2.24. The minimum atomic E-state index is 0.656. The first-order valence-electron chi connectivity index (χ1n) is 7.06. The number of nitrogens with one attached hydrogen (secondary N) is 1. The van der Waals surface area contributed by atoms with Crippen LogP contribution in [0.3, 0.4) is 0 Å². The Labute approximate surface area is 130 Å². The summed E-state index contributed by atoms with van der Waals surface area (Å²) in [6, 6.07) is 14.5. The van der Waals surface area contributed by atoms with Crippen LogP contribution in [-0.2, 0) is 4.74 Å². The molecule has 1 N–H and O–H groups in total. The Balaban J connectivity index is 2.11. The van der Waals surface area contributed by atoms with E-state index in [4.69, 9.17) is 4.74 Å². The van der Waals surface area contributed by atoms with Crippen molar-refractivity contribution >= 4 is 16.5 Å². The molecule has 22 heavy (non-hydrogen) atoms. The molecular formula is C20H17NO. The third kappa shape index (κ3) is 2.35. The molecule has 0 bridgehead atoms. The first-order valence-corrected chi connectivity index (χ1v) is 7.06. The van der Waals surface area contributed by atoms with E-state index in [9.17, 15) is 0 Å². The van der Waals surface area contributed by atoms with Gasteiger partial charge in [0.25, 0.3) is 0 Å². The minimum absolute atomic E-state index is 0.656. The normalized spacial score (nSPS) is 14.4. The van der Waals surface area contributed by atoms with Crippen molar-refractivity contribution in [1.82, 2.24) is 5.32 Å². The zero-order valence-corrected chi connectivity index (χ0v) is 12.3. The third-order valence-corrected chi connectivity index (χ3v) is 3.60. The molecule has 2 aromatic rings. The van der Waals surface area contributed by atoms with Crippen LogP contribution >= 0.6 is 0 Å². The van der Waals surface area contributed by atoms with Crippen LogP contribution in [0.4, 0.5) is 0 Å². The molecule has 1 aliphatic rings. The van der Waals surface area contributed by atoms with E-state index in [0.717, 1.165) is 28.1 Å². The molecule has 0 amide bonds. The molecule has 0 spiro atoms. The Bertz CT molecular complexity index is 840. The average molecular weight is 287 g/mol. The van der Waals surface area contributed by atoms with Gasteiger partial charge >= 0.3 is 0 Å².